The molecule has 0 aliphatic carbocycles. The summed E-state index contributed by atoms with van der Waals surface area (Å²) < 4.78 is 10.6. The lowest BCUT2D eigenvalue weighted by Gasteiger charge is -2.14. The van der Waals surface area contributed by atoms with Crippen LogP contribution >= 0.6 is 11.8 Å². The zero-order chi connectivity index (χ0) is 20.6. The van der Waals surface area contributed by atoms with Crippen molar-refractivity contribution < 1.29 is 23.8 Å². The Hall–Kier alpha value is -3.33. The molecule has 2 N–H and O–H groups in total. The third-order valence-electron chi connectivity index (χ3n) is 3.99. The van der Waals surface area contributed by atoms with Crippen molar-refractivity contribution in [3.63, 3.8) is 0 Å². The third kappa shape index (κ3) is 5.82. The number of nitrogens with zero attached hydrogens (tertiary/aromatic N) is 2. The molecule has 0 spiro atoms. The Morgan fingerprint density at radius 3 is 2.52 bits per heavy atom. The van der Waals surface area contributed by atoms with E-state index in [1.807, 2.05) is 30.3 Å². The molecular weight excluding hydrogens is 394 g/mol. The molecule has 1 heterocycles. The summed E-state index contributed by atoms with van der Waals surface area (Å²) in [6.45, 7) is 0. The van der Waals surface area contributed by atoms with E-state index in [0.29, 0.717) is 11.6 Å². The van der Waals surface area contributed by atoms with Crippen molar-refractivity contribution in [3.05, 3.63) is 60.2 Å². The maximum Gasteiger partial charge on any atom is 0.326 e. The summed E-state index contributed by atoms with van der Waals surface area (Å²) in [5.74, 6) is -0.525. The first-order chi connectivity index (χ1) is 14.0. The molecule has 150 valence electrons. The highest BCUT2D eigenvalue weighted by atomic mass is 32.2. The lowest BCUT2D eigenvalue weighted by atomic mass is 10.1. The SMILES string of the molecule is COc1ccc(-c2nnc(SCC(=O)N[C@@H](Cc3ccccc3)C(=O)O)o2)cc1. The number of thioether (sulfide) groups is 1. The molecule has 9 heteroatoms. The van der Waals surface area contributed by atoms with Crippen LogP contribution in [-0.4, -0.2) is 46.1 Å². The summed E-state index contributed by atoms with van der Waals surface area (Å²) in [5, 5.41) is 20.0. The van der Waals surface area contributed by atoms with Crippen LogP contribution in [0.5, 0.6) is 5.75 Å². The quantitative estimate of drug-likeness (QED) is 0.515. The van der Waals surface area contributed by atoms with Crippen LogP contribution in [0.2, 0.25) is 0 Å². The monoisotopic (exact) mass is 413 g/mol. The second-order valence-corrected chi connectivity index (χ2v) is 6.96. The van der Waals surface area contributed by atoms with Gasteiger partial charge < -0.3 is 19.6 Å². The largest absolute Gasteiger partial charge is 0.497 e. The van der Waals surface area contributed by atoms with Gasteiger partial charge in [0, 0.05) is 12.0 Å². The van der Waals surface area contributed by atoms with E-state index in [-0.39, 0.29) is 17.4 Å². The molecule has 2 aromatic carbocycles. The van der Waals surface area contributed by atoms with E-state index in [9.17, 15) is 14.7 Å². The van der Waals surface area contributed by atoms with Gasteiger partial charge in [-0.2, -0.15) is 0 Å². The van der Waals surface area contributed by atoms with E-state index >= 15 is 0 Å². The maximum atomic E-state index is 12.2. The van der Waals surface area contributed by atoms with Crippen molar-refractivity contribution in [2.24, 2.45) is 0 Å². The molecule has 3 aromatic rings. The Bertz CT molecular complexity index is 960. The van der Waals surface area contributed by atoms with Crippen molar-refractivity contribution in [2.75, 3.05) is 12.9 Å². The Morgan fingerprint density at radius 1 is 1.14 bits per heavy atom. The maximum absolute atomic E-state index is 12.2. The van der Waals surface area contributed by atoms with Crippen molar-refractivity contribution >= 4 is 23.6 Å². The van der Waals surface area contributed by atoms with Gasteiger partial charge in [-0.15, -0.1) is 10.2 Å². The molecule has 0 saturated carbocycles. The average Bonchev–Trinajstić information content (AvgIpc) is 3.21. The van der Waals surface area contributed by atoms with Gasteiger partial charge in [-0.3, -0.25) is 4.79 Å². The predicted molar refractivity (Wildman–Crippen MR) is 107 cm³/mol. The van der Waals surface area contributed by atoms with E-state index in [1.54, 1.807) is 31.4 Å². The van der Waals surface area contributed by atoms with E-state index in [2.05, 4.69) is 15.5 Å². The number of amides is 1. The van der Waals surface area contributed by atoms with Crippen LogP contribution in [0.1, 0.15) is 5.56 Å². The summed E-state index contributed by atoms with van der Waals surface area (Å²) in [6, 6.07) is 15.2. The molecule has 8 nitrogen and oxygen atoms in total. The third-order valence-corrected chi connectivity index (χ3v) is 4.80. The average molecular weight is 413 g/mol. The normalized spacial score (nSPS) is 11.6. The van der Waals surface area contributed by atoms with Gasteiger partial charge in [-0.1, -0.05) is 42.1 Å². The number of aliphatic carboxylic acids is 1. The fraction of sp³-hybridized carbons (Fsp3) is 0.200. The number of carboxylic acids is 1. The first kappa shape index (κ1) is 20.4. The zero-order valence-corrected chi connectivity index (χ0v) is 16.4. The fourth-order valence-electron chi connectivity index (χ4n) is 2.53. The molecule has 0 radical (unpaired) electrons. The molecule has 3 rings (SSSR count). The number of carbonyl (C=O) groups excluding carboxylic acids is 1. The van der Waals surface area contributed by atoms with Crippen LogP contribution in [0.3, 0.4) is 0 Å². The molecule has 29 heavy (non-hydrogen) atoms. The molecule has 1 aromatic heterocycles. The summed E-state index contributed by atoms with van der Waals surface area (Å²) in [5.41, 5.74) is 1.55. The minimum absolute atomic E-state index is 0.0389. The number of methoxy groups -OCH3 is 1. The fourth-order valence-corrected chi connectivity index (χ4v) is 3.11. The van der Waals surface area contributed by atoms with E-state index < -0.39 is 17.9 Å². The number of aromatic nitrogens is 2. The number of carbonyl (C=O) groups is 2. The van der Waals surface area contributed by atoms with Crippen LogP contribution in [-0.2, 0) is 16.0 Å². The lowest BCUT2D eigenvalue weighted by Crippen LogP contribution is -2.43. The number of carboxylic acid groups (broad SMARTS) is 1. The molecule has 1 atom stereocenters. The molecule has 1 amide bonds. The van der Waals surface area contributed by atoms with Crippen molar-refractivity contribution in [3.8, 4) is 17.2 Å². The smallest absolute Gasteiger partial charge is 0.326 e. The summed E-state index contributed by atoms with van der Waals surface area (Å²) >= 11 is 1.04. The van der Waals surface area contributed by atoms with Crippen LogP contribution in [0.15, 0.2) is 64.2 Å². The van der Waals surface area contributed by atoms with Crippen LogP contribution in [0.25, 0.3) is 11.5 Å². The van der Waals surface area contributed by atoms with E-state index in [0.717, 1.165) is 22.9 Å². The summed E-state index contributed by atoms with van der Waals surface area (Å²) in [4.78, 5) is 23.6. The Morgan fingerprint density at radius 2 is 1.86 bits per heavy atom. The topological polar surface area (TPSA) is 115 Å². The molecule has 0 bridgehead atoms. The molecular formula is C20H19N3O5S. The Labute approximate surface area is 171 Å². The number of ether oxygens (including phenoxy) is 1. The van der Waals surface area contributed by atoms with Gasteiger partial charge in [0.2, 0.25) is 11.8 Å². The summed E-state index contributed by atoms with van der Waals surface area (Å²) in [6.07, 6.45) is 0.203. The molecule has 0 aliphatic heterocycles. The molecule has 0 fully saturated rings. The zero-order valence-electron chi connectivity index (χ0n) is 15.6. The predicted octanol–water partition coefficient (Wildman–Crippen LogP) is 2.65. The van der Waals surface area contributed by atoms with Gasteiger partial charge in [0.1, 0.15) is 11.8 Å². The standard InChI is InChI=1S/C20H19N3O5S/c1-27-15-9-7-14(8-10-15)18-22-23-20(28-18)29-12-17(24)21-16(19(25)26)11-13-5-3-2-4-6-13/h2-10,16H,11-12H2,1H3,(H,21,24)(H,25,26)/t16-/m0/s1. The van der Waals surface area contributed by atoms with Crippen LogP contribution in [0.4, 0.5) is 0 Å². The minimum atomic E-state index is -1.09. The van der Waals surface area contributed by atoms with Crippen LogP contribution < -0.4 is 10.1 Å². The highest BCUT2D eigenvalue weighted by molar-refractivity contribution is 7.99. The minimum Gasteiger partial charge on any atom is -0.497 e. The highest BCUT2D eigenvalue weighted by Crippen LogP contribution is 2.24. The lowest BCUT2D eigenvalue weighted by molar-refractivity contribution is -0.141. The van der Waals surface area contributed by atoms with E-state index in [4.69, 9.17) is 9.15 Å². The van der Waals surface area contributed by atoms with Gasteiger partial charge in [0.15, 0.2) is 0 Å². The number of hydrogen-bond acceptors (Lipinski definition) is 7. The second-order valence-electron chi connectivity index (χ2n) is 6.04. The number of benzene rings is 2. The second kappa shape index (κ2) is 9.74. The number of rotatable bonds is 9. The Balaban J connectivity index is 1.54. The first-order valence-electron chi connectivity index (χ1n) is 8.72. The van der Waals surface area contributed by atoms with Gasteiger partial charge in [0.25, 0.3) is 5.22 Å². The van der Waals surface area contributed by atoms with Gasteiger partial charge in [-0.25, -0.2) is 4.79 Å². The van der Waals surface area contributed by atoms with Crippen molar-refractivity contribution in [1.82, 2.24) is 15.5 Å². The summed E-state index contributed by atoms with van der Waals surface area (Å²) in [7, 11) is 1.58. The number of nitrogens with one attached hydrogen (secondary N) is 1. The molecule has 0 aliphatic rings. The first-order valence-corrected chi connectivity index (χ1v) is 9.70. The highest BCUT2D eigenvalue weighted by Gasteiger charge is 2.21. The van der Waals surface area contributed by atoms with Gasteiger partial charge >= 0.3 is 5.97 Å². The van der Waals surface area contributed by atoms with E-state index in [1.165, 1.54) is 0 Å². The van der Waals surface area contributed by atoms with Crippen LogP contribution in [0, 0.1) is 0 Å². The van der Waals surface area contributed by atoms with Crippen molar-refractivity contribution in [1.29, 1.82) is 0 Å². The molecule has 0 saturated heterocycles. The van der Waals surface area contributed by atoms with Gasteiger partial charge in [0.05, 0.1) is 12.9 Å². The van der Waals surface area contributed by atoms with Gasteiger partial charge in [-0.05, 0) is 29.8 Å². The van der Waals surface area contributed by atoms with Crippen molar-refractivity contribution in [2.45, 2.75) is 17.7 Å². The molecule has 0 unspecified atom stereocenters. The Kier molecular flexibility index (Phi) is 6.85. The number of hydrogen-bond donors (Lipinski definition) is 2.